The SMILES string of the molecule is COc1cccc(CN2CCN(Cc3ccc(Cl)cc3)C[C@H]2CCO)c1. The third-order valence-electron chi connectivity index (χ3n) is 4.99. The van der Waals surface area contributed by atoms with E-state index in [0.29, 0.717) is 6.04 Å². The molecule has 1 atom stereocenters. The first kappa shape index (κ1) is 19.2. The maximum absolute atomic E-state index is 9.51. The van der Waals surface area contributed by atoms with Gasteiger partial charge in [-0.25, -0.2) is 0 Å². The lowest BCUT2D eigenvalue weighted by Crippen LogP contribution is -2.52. The van der Waals surface area contributed by atoms with Gasteiger partial charge in [0.15, 0.2) is 0 Å². The van der Waals surface area contributed by atoms with Crippen LogP contribution < -0.4 is 4.74 Å². The Morgan fingerprint density at radius 1 is 1.08 bits per heavy atom. The zero-order valence-electron chi connectivity index (χ0n) is 15.3. The Morgan fingerprint density at radius 2 is 1.88 bits per heavy atom. The third kappa shape index (κ3) is 5.21. The molecule has 0 spiro atoms. The van der Waals surface area contributed by atoms with Gasteiger partial charge in [-0.2, -0.15) is 0 Å². The van der Waals surface area contributed by atoms with Gasteiger partial charge in [-0.05, 0) is 41.8 Å². The summed E-state index contributed by atoms with van der Waals surface area (Å²) in [5, 5.41) is 10.3. The van der Waals surface area contributed by atoms with Crippen LogP contribution in [0, 0.1) is 0 Å². The molecule has 0 radical (unpaired) electrons. The number of hydrogen-bond donors (Lipinski definition) is 1. The van der Waals surface area contributed by atoms with Crippen LogP contribution in [0.1, 0.15) is 17.5 Å². The largest absolute Gasteiger partial charge is 0.497 e. The van der Waals surface area contributed by atoms with Crippen molar-refractivity contribution in [3.05, 3.63) is 64.7 Å². The van der Waals surface area contributed by atoms with Gasteiger partial charge in [0.1, 0.15) is 5.75 Å². The Bertz CT molecular complexity index is 693. The highest BCUT2D eigenvalue weighted by Gasteiger charge is 2.26. The molecule has 0 aliphatic carbocycles. The number of halogens is 1. The van der Waals surface area contributed by atoms with E-state index in [4.69, 9.17) is 16.3 Å². The number of benzene rings is 2. The van der Waals surface area contributed by atoms with Crippen LogP contribution in [0.4, 0.5) is 0 Å². The molecule has 0 aromatic heterocycles. The number of aliphatic hydroxyl groups excluding tert-OH is 1. The molecule has 0 saturated carbocycles. The Balaban J connectivity index is 1.62. The van der Waals surface area contributed by atoms with Gasteiger partial charge >= 0.3 is 0 Å². The Morgan fingerprint density at radius 3 is 2.62 bits per heavy atom. The second kappa shape index (κ2) is 9.38. The molecule has 3 rings (SSSR count). The summed E-state index contributed by atoms with van der Waals surface area (Å²) in [7, 11) is 1.70. The van der Waals surface area contributed by atoms with E-state index in [1.54, 1.807) is 7.11 Å². The Labute approximate surface area is 160 Å². The predicted octanol–water partition coefficient (Wildman–Crippen LogP) is 3.42. The van der Waals surface area contributed by atoms with E-state index in [1.807, 2.05) is 24.3 Å². The summed E-state index contributed by atoms with van der Waals surface area (Å²) in [6.45, 7) is 5.01. The van der Waals surface area contributed by atoms with Crippen LogP contribution in [0.15, 0.2) is 48.5 Å². The number of ether oxygens (including phenoxy) is 1. The zero-order chi connectivity index (χ0) is 18.4. The average Bonchev–Trinajstić information content (AvgIpc) is 2.66. The van der Waals surface area contributed by atoms with Gasteiger partial charge in [-0.3, -0.25) is 9.80 Å². The summed E-state index contributed by atoms with van der Waals surface area (Å²) in [6, 6.07) is 16.7. The van der Waals surface area contributed by atoms with Crippen LogP contribution in [0.25, 0.3) is 0 Å². The Kier molecular flexibility index (Phi) is 6.92. The van der Waals surface area contributed by atoms with E-state index in [0.717, 1.165) is 49.9 Å². The molecule has 5 heteroatoms. The third-order valence-corrected chi connectivity index (χ3v) is 5.24. The van der Waals surface area contributed by atoms with Gasteiger partial charge in [0, 0.05) is 50.4 Å². The van der Waals surface area contributed by atoms with Crippen molar-refractivity contribution in [1.29, 1.82) is 0 Å². The minimum atomic E-state index is 0.216. The molecular formula is C21H27ClN2O2. The molecule has 1 aliphatic rings. The highest BCUT2D eigenvalue weighted by molar-refractivity contribution is 6.30. The summed E-state index contributed by atoms with van der Waals surface area (Å²) in [4.78, 5) is 4.94. The number of methoxy groups -OCH3 is 1. The summed E-state index contributed by atoms with van der Waals surface area (Å²) >= 11 is 5.98. The fourth-order valence-corrected chi connectivity index (χ4v) is 3.71. The molecule has 1 N–H and O–H groups in total. The van der Waals surface area contributed by atoms with E-state index < -0.39 is 0 Å². The van der Waals surface area contributed by atoms with Crippen molar-refractivity contribution in [2.24, 2.45) is 0 Å². The fraction of sp³-hybridized carbons (Fsp3) is 0.429. The molecule has 1 fully saturated rings. The highest BCUT2D eigenvalue weighted by atomic mass is 35.5. The predicted molar refractivity (Wildman–Crippen MR) is 106 cm³/mol. The standard InChI is InChI=1S/C21H27ClN2O2/c1-26-21-4-2-3-18(13-21)15-24-11-10-23(16-20(24)9-12-25)14-17-5-7-19(22)8-6-17/h2-8,13,20,25H,9-12,14-16H2,1H3/t20-/m1/s1. The molecule has 0 unspecified atom stereocenters. The van der Waals surface area contributed by atoms with Crippen LogP contribution in [0.2, 0.25) is 5.02 Å². The summed E-state index contributed by atoms with van der Waals surface area (Å²) in [5.41, 5.74) is 2.52. The second-order valence-corrected chi connectivity index (χ2v) is 7.29. The van der Waals surface area contributed by atoms with Crippen LogP contribution in [0.3, 0.4) is 0 Å². The van der Waals surface area contributed by atoms with Crippen LogP contribution in [-0.4, -0.2) is 54.3 Å². The maximum Gasteiger partial charge on any atom is 0.119 e. The Hall–Kier alpha value is -1.59. The van der Waals surface area contributed by atoms with E-state index in [2.05, 4.69) is 34.1 Å². The number of aliphatic hydroxyl groups is 1. The average molecular weight is 375 g/mol. The molecule has 1 saturated heterocycles. The van der Waals surface area contributed by atoms with Crippen molar-refractivity contribution < 1.29 is 9.84 Å². The molecule has 0 amide bonds. The van der Waals surface area contributed by atoms with Gasteiger partial charge in [0.25, 0.3) is 0 Å². The van der Waals surface area contributed by atoms with E-state index in [1.165, 1.54) is 11.1 Å². The molecule has 1 aliphatic heterocycles. The highest BCUT2D eigenvalue weighted by Crippen LogP contribution is 2.21. The first-order chi connectivity index (χ1) is 12.7. The zero-order valence-corrected chi connectivity index (χ0v) is 16.0. The molecule has 2 aromatic rings. The fourth-order valence-electron chi connectivity index (χ4n) is 3.59. The van der Waals surface area contributed by atoms with Gasteiger partial charge in [-0.1, -0.05) is 35.9 Å². The summed E-state index contributed by atoms with van der Waals surface area (Å²) in [5.74, 6) is 0.891. The van der Waals surface area contributed by atoms with Crippen LogP contribution in [-0.2, 0) is 13.1 Å². The summed E-state index contributed by atoms with van der Waals surface area (Å²) in [6.07, 6.45) is 0.793. The second-order valence-electron chi connectivity index (χ2n) is 6.85. The van der Waals surface area contributed by atoms with E-state index in [-0.39, 0.29) is 6.61 Å². The monoisotopic (exact) mass is 374 g/mol. The van der Waals surface area contributed by atoms with E-state index >= 15 is 0 Å². The summed E-state index contributed by atoms with van der Waals surface area (Å²) < 4.78 is 5.33. The van der Waals surface area contributed by atoms with Crippen LogP contribution in [0.5, 0.6) is 5.75 Å². The van der Waals surface area contributed by atoms with Crippen molar-refractivity contribution in [2.75, 3.05) is 33.4 Å². The molecule has 1 heterocycles. The number of nitrogens with zero attached hydrogens (tertiary/aromatic N) is 2. The minimum absolute atomic E-state index is 0.216. The minimum Gasteiger partial charge on any atom is -0.497 e. The topological polar surface area (TPSA) is 35.9 Å². The maximum atomic E-state index is 9.51. The molecular weight excluding hydrogens is 348 g/mol. The molecule has 140 valence electrons. The lowest BCUT2D eigenvalue weighted by atomic mass is 10.1. The quantitative estimate of drug-likeness (QED) is 0.805. The first-order valence-electron chi connectivity index (χ1n) is 9.12. The smallest absolute Gasteiger partial charge is 0.119 e. The van der Waals surface area contributed by atoms with E-state index in [9.17, 15) is 5.11 Å². The lowest BCUT2D eigenvalue weighted by Gasteiger charge is -2.41. The molecule has 26 heavy (non-hydrogen) atoms. The molecule has 0 bridgehead atoms. The van der Waals surface area contributed by atoms with Gasteiger partial charge < -0.3 is 9.84 Å². The first-order valence-corrected chi connectivity index (χ1v) is 9.50. The normalized spacial score (nSPS) is 18.8. The lowest BCUT2D eigenvalue weighted by molar-refractivity contribution is 0.0499. The van der Waals surface area contributed by atoms with Crippen molar-refractivity contribution in [1.82, 2.24) is 9.80 Å². The van der Waals surface area contributed by atoms with Gasteiger partial charge in [0.2, 0.25) is 0 Å². The molecule has 2 aromatic carbocycles. The van der Waals surface area contributed by atoms with Crippen molar-refractivity contribution in [3.63, 3.8) is 0 Å². The number of piperazine rings is 1. The van der Waals surface area contributed by atoms with Gasteiger partial charge in [-0.15, -0.1) is 0 Å². The van der Waals surface area contributed by atoms with Crippen molar-refractivity contribution in [3.8, 4) is 5.75 Å². The molecule has 4 nitrogen and oxygen atoms in total. The van der Waals surface area contributed by atoms with Crippen LogP contribution >= 0.6 is 11.6 Å². The number of hydrogen-bond acceptors (Lipinski definition) is 4. The number of rotatable bonds is 7. The van der Waals surface area contributed by atoms with Gasteiger partial charge in [0.05, 0.1) is 7.11 Å². The van der Waals surface area contributed by atoms with Crippen molar-refractivity contribution in [2.45, 2.75) is 25.6 Å². The van der Waals surface area contributed by atoms with Crippen molar-refractivity contribution >= 4 is 11.6 Å².